The van der Waals surface area contributed by atoms with E-state index in [-0.39, 0.29) is 18.5 Å². The van der Waals surface area contributed by atoms with Crippen LogP contribution in [0.1, 0.15) is 44.2 Å². The van der Waals surface area contributed by atoms with E-state index in [0.29, 0.717) is 29.3 Å². The molecule has 3 fully saturated rings. The lowest BCUT2D eigenvalue weighted by molar-refractivity contribution is -0.121. The van der Waals surface area contributed by atoms with Crippen molar-refractivity contribution < 1.29 is 5.11 Å². The van der Waals surface area contributed by atoms with E-state index < -0.39 is 0 Å². The van der Waals surface area contributed by atoms with E-state index >= 15 is 0 Å². The van der Waals surface area contributed by atoms with E-state index in [0.717, 1.165) is 0 Å². The standard InChI is InChI=1S/C19H27NO.ClH/c1-4-19-11-18-14(12(2)21)10-16(19)17(20(18)3)9-13-7-5-6-8-15(13)19;/h5-8,12,14,16-18,21H,4,9-11H2,1-3H3;1H. The minimum atomic E-state index is -0.176. The van der Waals surface area contributed by atoms with Crippen LogP contribution in [-0.4, -0.2) is 35.2 Å². The number of hydrogen-bond donors (Lipinski definition) is 1. The first-order chi connectivity index (χ1) is 10.1. The molecule has 4 bridgehead atoms. The van der Waals surface area contributed by atoms with Crippen LogP contribution in [0.15, 0.2) is 24.3 Å². The Morgan fingerprint density at radius 1 is 1.32 bits per heavy atom. The fraction of sp³-hybridized carbons (Fsp3) is 0.684. The van der Waals surface area contributed by atoms with Crippen LogP contribution in [0.2, 0.25) is 0 Å². The topological polar surface area (TPSA) is 23.5 Å². The third-order valence-corrected chi connectivity index (χ3v) is 7.05. The van der Waals surface area contributed by atoms with Gasteiger partial charge in [-0.15, -0.1) is 12.4 Å². The molecule has 5 rings (SSSR count). The van der Waals surface area contributed by atoms with Gasteiger partial charge in [-0.2, -0.15) is 0 Å². The van der Waals surface area contributed by atoms with Gasteiger partial charge in [-0.3, -0.25) is 4.90 Å². The average molecular weight is 322 g/mol. The second kappa shape index (κ2) is 5.51. The molecule has 122 valence electrons. The first-order valence-corrected chi connectivity index (χ1v) is 8.57. The minimum absolute atomic E-state index is 0. The molecular weight excluding hydrogens is 294 g/mol. The van der Waals surface area contributed by atoms with Crippen molar-refractivity contribution in [2.75, 3.05) is 7.05 Å². The highest BCUT2D eigenvalue weighted by molar-refractivity contribution is 5.85. The normalized spacial score (nSPS) is 40.7. The average Bonchev–Trinajstić information content (AvgIpc) is 2.50. The van der Waals surface area contributed by atoms with Gasteiger partial charge in [0, 0.05) is 23.4 Å². The molecule has 2 saturated heterocycles. The number of nitrogens with zero attached hydrogens (tertiary/aromatic N) is 1. The van der Waals surface area contributed by atoms with Crippen LogP contribution in [0.3, 0.4) is 0 Å². The van der Waals surface area contributed by atoms with Gasteiger partial charge in [-0.25, -0.2) is 0 Å². The molecule has 1 N–H and O–H groups in total. The molecule has 1 aromatic carbocycles. The van der Waals surface area contributed by atoms with Gasteiger partial charge in [-0.05, 0) is 56.7 Å². The Morgan fingerprint density at radius 3 is 2.73 bits per heavy atom. The maximum Gasteiger partial charge on any atom is 0.0555 e. The van der Waals surface area contributed by atoms with Crippen molar-refractivity contribution >= 4 is 12.4 Å². The number of rotatable bonds is 2. The zero-order chi connectivity index (χ0) is 14.8. The third-order valence-electron chi connectivity index (χ3n) is 7.05. The zero-order valence-electron chi connectivity index (χ0n) is 13.8. The van der Waals surface area contributed by atoms with Gasteiger partial charge in [0.15, 0.2) is 0 Å². The van der Waals surface area contributed by atoms with Crippen molar-refractivity contribution in [3.63, 3.8) is 0 Å². The highest BCUT2D eigenvalue weighted by atomic mass is 35.5. The number of hydrogen-bond acceptors (Lipinski definition) is 2. The number of piperidine rings is 2. The monoisotopic (exact) mass is 321 g/mol. The number of fused-ring (bicyclic) bond motifs is 2. The second-order valence-electron chi connectivity index (χ2n) is 7.62. The summed E-state index contributed by atoms with van der Waals surface area (Å²) in [6, 6.07) is 10.4. The third kappa shape index (κ3) is 1.93. The Hall–Kier alpha value is -0.570. The summed E-state index contributed by atoms with van der Waals surface area (Å²) >= 11 is 0. The lowest BCUT2D eigenvalue weighted by atomic mass is 9.48. The molecule has 0 radical (unpaired) electrons. The fourth-order valence-electron chi connectivity index (χ4n) is 5.97. The van der Waals surface area contributed by atoms with Gasteiger partial charge in [0.25, 0.3) is 0 Å². The summed E-state index contributed by atoms with van der Waals surface area (Å²) < 4.78 is 0. The quantitative estimate of drug-likeness (QED) is 0.902. The van der Waals surface area contributed by atoms with E-state index in [4.69, 9.17) is 0 Å². The first kappa shape index (κ1) is 16.3. The maximum atomic E-state index is 10.2. The molecule has 6 unspecified atom stereocenters. The van der Waals surface area contributed by atoms with Crippen LogP contribution in [0.4, 0.5) is 0 Å². The zero-order valence-corrected chi connectivity index (χ0v) is 14.6. The SMILES string of the molecule is CCC12CC3C(C(C)O)CC1C(Cc1ccccc12)N3C.Cl. The molecule has 1 saturated carbocycles. The Kier molecular flexibility index (Phi) is 4.08. The summed E-state index contributed by atoms with van der Waals surface area (Å²) in [5, 5.41) is 10.2. The minimum Gasteiger partial charge on any atom is -0.393 e. The van der Waals surface area contributed by atoms with Crippen LogP contribution in [0.5, 0.6) is 0 Å². The number of aliphatic hydroxyl groups excluding tert-OH is 1. The molecule has 2 aliphatic heterocycles. The molecular formula is C19H28ClNO. The van der Waals surface area contributed by atoms with Gasteiger partial charge < -0.3 is 5.11 Å². The van der Waals surface area contributed by atoms with Crippen molar-refractivity contribution in [2.45, 2.75) is 63.1 Å². The number of benzene rings is 1. The van der Waals surface area contributed by atoms with Crippen molar-refractivity contribution in [3.05, 3.63) is 35.4 Å². The van der Waals surface area contributed by atoms with Crippen molar-refractivity contribution in [1.82, 2.24) is 4.90 Å². The second-order valence-corrected chi connectivity index (χ2v) is 7.62. The summed E-state index contributed by atoms with van der Waals surface area (Å²) in [5.74, 6) is 1.17. The summed E-state index contributed by atoms with van der Waals surface area (Å²) in [5.41, 5.74) is 3.56. The fourth-order valence-corrected chi connectivity index (χ4v) is 5.97. The van der Waals surface area contributed by atoms with Crippen LogP contribution in [-0.2, 0) is 11.8 Å². The van der Waals surface area contributed by atoms with Gasteiger partial charge in [0.05, 0.1) is 6.10 Å². The molecule has 3 heteroatoms. The molecule has 2 nitrogen and oxygen atoms in total. The van der Waals surface area contributed by atoms with E-state index in [1.54, 1.807) is 11.1 Å². The molecule has 1 aromatic rings. The van der Waals surface area contributed by atoms with Crippen LogP contribution < -0.4 is 0 Å². The van der Waals surface area contributed by atoms with Crippen molar-refractivity contribution in [1.29, 1.82) is 0 Å². The number of likely N-dealkylation sites (N-methyl/N-ethyl adjacent to an activating group) is 1. The summed E-state index contributed by atoms with van der Waals surface area (Å²) in [4.78, 5) is 2.61. The molecule has 0 amide bonds. The molecule has 2 heterocycles. The Balaban J connectivity index is 0.00000144. The molecule has 22 heavy (non-hydrogen) atoms. The maximum absolute atomic E-state index is 10.2. The first-order valence-electron chi connectivity index (χ1n) is 8.57. The van der Waals surface area contributed by atoms with Crippen molar-refractivity contribution in [2.24, 2.45) is 11.8 Å². The Bertz CT molecular complexity index is 560. The summed E-state index contributed by atoms with van der Waals surface area (Å²) in [6.45, 7) is 4.36. The van der Waals surface area contributed by atoms with E-state index in [2.05, 4.69) is 43.1 Å². The van der Waals surface area contributed by atoms with Gasteiger partial charge in [-0.1, -0.05) is 31.2 Å². The molecule has 2 aliphatic carbocycles. The van der Waals surface area contributed by atoms with Crippen LogP contribution >= 0.6 is 12.4 Å². The lowest BCUT2D eigenvalue weighted by Crippen LogP contribution is -2.69. The molecule has 0 aromatic heterocycles. The van der Waals surface area contributed by atoms with E-state index in [1.807, 2.05) is 6.92 Å². The Labute approximate surface area is 140 Å². The van der Waals surface area contributed by atoms with Crippen LogP contribution in [0, 0.1) is 11.8 Å². The predicted molar refractivity (Wildman–Crippen MR) is 92.6 cm³/mol. The smallest absolute Gasteiger partial charge is 0.0555 e. The van der Waals surface area contributed by atoms with Crippen LogP contribution in [0.25, 0.3) is 0 Å². The van der Waals surface area contributed by atoms with E-state index in [9.17, 15) is 5.11 Å². The Morgan fingerprint density at radius 2 is 2.05 bits per heavy atom. The predicted octanol–water partition coefficient (Wildman–Crippen LogP) is 3.40. The largest absolute Gasteiger partial charge is 0.393 e. The highest BCUT2D eigenvalue weighted by Crippen LogP contribution is 2.59. The van der Waals surface area contributed by atoms with Gasteiger partial charge in [0.2, 0.25) is 0 Å². The lowest BCUT2D eigenvalue weighted by Gasteiger charge is -2.65. The van der Waals surface area contributed by atoms with Gasteiger partial charge >= 0.3 is 0 Å². The molecule has 4 aliphatic rings. The summed E-state index contributed by atoms with van der Waals surface area (Å²) in [7, 11) is 2.30. The number of halogens is 1. The molecule has 6 atom stereocenters. The highest BCUT2D eigenvalue weighted by Gasteiger charge is 2.60. The number of aliphatic hydroxyl groups is 1. The summed E-state index contributed by atoms with van der Waals surface area (Å²) in [6.07, 6.45) is 4.70. The molecule has 0 spiro atoms. The van der Waals surface area contributed by atoms with E-state index in [1.165, 1.54) is 25.7 Å². The van der Waals surface area contributed by atoms with Gasteiger partial charge in [0.1, 0.15) is 0 Å². The van der Waals surface area contributed by atoms with Crippen molar-refractivity contribution in [3.8, 4) is 0 Å².